The maximum absolute atomic E-state index is 5.69. The molecule has 0 bridgehead atoms. The zero-order chi connectivity index (χ0) is 19.6. The highest BCUT2D eigenvalue weighted by Gasteiger charge is 2.27. The molecule has 0 aliphatic carbocycles. The molecule has 2 aromatic carbocycles. The fourth-order valence-corrected chi connectivity index (χ4v) is 4.59. The van der Waals surface area contributed by atoms with Crippen LogP contribution in [0.4, 0.5) is 5.69 Å². The van der Waals surface area contributed by atoms with Crippen molar-refractivity contribution in [3.63, 3.8) is 0 Å². The van der Waals surface area contributed by atoms with Crippen LogP contribution in [0, 0.1) is 32.1 Å². The molecule has 140 valence electrons. The van der Waals surface area contributed by atoms with Crippen molar-refractivity contribution in [2.75, 3.05) is 18.0 Å². The van der Waals surface area contributed by atoms with E-state index < -0.39 is 0 Å². The minimum Gasteiger partial charge on any atom is -0.371 e. The van der Waals surface area contributed by atoms with Gasteiger partial charge in [-0.2, -0.15) is 0 Å². The van der Waals surface area contributed by atoms with Gasteiger partial charge in [0.25, 0.3) is 0 Å². The van der Waals surface area contributed by atoms with Gasteiger partial charge in [-0.1, -0.05) is 49.3 Å². The number of allylic oxidation sites excluding steroid dienone is 1. The molecule has 1 aliphatic heterocycles. The van der Waals surface area contributed by atoms with Crippen molar-refractivity contribution in [2.24, 2.45) is 5.92 Å². The highest BCUT2D eigenvalue weighted by Crippen LogP contribution is 2.37. The van der Waals surface area contributed by atoms with Gasteiger partial charge in [-0.05, 0) is 79.8 Å². The van der Waals surface area contributed by atoms with Crippen LogP contribution in [-0.4, -0.2) is 13.1 Å². The molecule has 1 saturated heterocycles. The predicted molar refractivity (Wildman–Crippen MR) is 118 cm³/mol. The average Bonchev–Trinajstić information content (AvgIpc) is 2.67. The van der Waals surface area contributed by atoms with Gasteiger partial charge in [-0.25, -0.2) is 0 Å². The fraction of sp³-hybridized carbons (Fsp3) is 0.385. The second kappa shape index (κ2) is 8.05. The topological polar surface area (TPSA) is 3.24 Å². The van der Waals surface area contributed by atoms with Crippen molar-refractivity contribution in [3.05, 3.63) is 70.8 Å². The molecule has 0 N–H and O–H groups in total. The SMILES string of the molecule is C#Cc1ccccc1N1CCC([C@@H](C)c2cc(C(=C)C)c(C)cc2C)CC1. The van der Waals surface area contributed by atoms with Gasteiger partial charge in [-0.3, -0.25) is 0 Å². The van der Waals surface area contributed by atoms with E-state index in [1.807, 2.05) is 12.1 Å². The molecule has 0 spiro atoms. The van der Waals surface area contributed by atoms with Crippen LogP contribution in [0.15, 0.2) is 43.0 Å². The summed E-state index contributed by atoms with van der Waals surface area (Å²) in [5.41, 5.74) is 8.90. The molecule has 3 rings (SSSR count). The summed E-state index contributed by atoms with van der Waals surface area (Å²) in [7, 11) is 0. The van der Waals surface area contributed by atoms with Crippen molar-refractivity contribution in [3.8, 4) is 12.3 Å². The number of piperidine rings is 1. The molecular weight excluding hydrogens is 326 g/mol. The van der Waals surface area contributed by atoms with Crippen LogP contribution in [-0.2, 0) is 0 Å². The minimum absolute atomic E-state index is 0.564. The van der Waals surface area contributed by atoms with Crippen LogP contribution >= 0.6 is 0 Å². The Bertz CT molecular complexity index is 876. The van der Waals surface area contributed by atoms with Gasteiger partial charge in [0.05, 0.1) is 5.69 Å². The third-order valence-electron chi connectivity index (χ3n) is 6.21. The average molecular weight is 358 g/mol. The van der Waals surface area contributed by atoms with Crippen molar-refractivity contribution in [2.45, 2.75) is 46.5 Å². The molecule has 1 heteroatoms. The molecule has 1 atom stereocenters. The first-order valence-corrected chi connectivity index (χ1v) is 10.00. The van der Waals surface area contributed by atoms with E-state index in [9.17, 15) is 0 Å². The van der Waals surface area contributed by atoms with Crippen LogP contribution in [0.1, 0.15) is 60.4 Å². The third-order valence-corrected chi connectivity index (χ3v) is 6.21. The zero-order valence-corrected chi connectivity index (χ0v) is 17.2. The number of anilines is 1. The van der Waals surface area contributed by atoms with E-state index in [2.05, 4.69) is 69.4 Å². The molecule has 0 unspecified atom stereocenters. The summed E-state index contributed by atoms with van der Waals surface area (Å²) in [6.07, 6.45) is 8.10. The summed E-state index contributed by atoms with van der Waals surface area (Å²) >= 11 is 0. The van der Waals surface area contributed by atoms with Gasteiger partial charge in [0.1, 0.15) is 0 Å². The summed E-state index contributed by atoms with van der Waals surface area (Å²) in [5, 5.41) is 0. The van der Waals surface area contributed by atoms with Crippen LogP contribution in [0.2, 0.25) is 0 Å². The Morgan fingerprint density at radius 3 is 2.44 bits per heavy atom. The molecule has 1 fully saturated rings. The van der Waals surface area contributed by atoms with Gasteiger partial charge in [0.2, 0.25) is 0 Å². The van der Waals surface area contributed by atoms with E-state index in [-0.39, 0.29) is 0 Å². The van der Waals surface area contributed by atoms with Crippen LogP contribution in [0.3, 0.4) is 0 Å². The number of nitrogens with zero attached hydrogens (tertiary/aromatic N) is 1. The molecule has 2 aromatic rings. The van der Waals surface area contributed by atoms with E-state index in [1.54, 1.807) is 0 Å². The van der Waals surface area contributed by atoms with Gasteiger partial charge in [0.15, 0.2) is 0 Å². The highest BCUT2D eigenvalue weighted by atomic mass is 15.1. The Labute approximate surface area is 165 Å². The molecular formula is C26H31N. The predicted octanol–water partition coefficient (Wildman–Crippen LogP) is 6.34. The molecule has 0 amide bonds. The summed E-state index contributed by atoms with van der Waals surface area (Å²) < 4.78 is 0. The number of rotatable bonds is 4. The standard InChI is InChI=1S/C26H31N/c1-7-22-10-8-9-11-26(22)27-14-12-23(13-15-27)21(6)25-17-24(18(2)3)19(4)16-20(25)5/h1,8-11,16-17,21,23H,2,12-15H2,3-6H3/t21-/m1/s1. The lowest BCUT2D eigenvalue weighted by Gasteiger charge is -2.37. The van der Waals surface area contributed by atoms with Gasteiger partial charge >= 0.3 is 0 Å². The molecule has 1 heterocycles. The van der Waals surface area contributed by atoms with Crippen molar-refractivity contribution < 1.29 is 0 Å². The quantitative estimate of drug-likeness (QED) is 0.577. The molecule has 0 aromatic heterocycles. The molecule has 0 saturated carbocycles. The lowest BCUT2D eigenvalue weighted by Crippen LogP contribution is -2.35. The first kappa shape index (κ1) is 19.3. The first-order valence-electron chi connectivity index (χ1n) is 10.00. The molecule has 0 radical (unpaired) electrons. The Morgan fingerprint density at radius 1 is 1.15 bits per heavy atom. The Kier molecular flexibility index (Phi) is 5.76. The van der Waals surface area contributed by atoms with E-state index in [0.717, 1.165) is 24.2 Å². The van der Waals surface area contributed by atoms with E-state index in [1.165, 1.54) is 40.8 Å². The largest absolute Gasteiger partial charge is 0.371 e. The van der Waals surface area contributed by atoms with Crippen LogP contribution in [0.25, 0.3) is 5.57 Å². The van der Waals surface area contributed by atoms with E-state index >= 15 is 0 Å². The van der Waals surface area contributed by atoms with Crippen molar-refractivity contribution >= 4 is 11.3 Å². The first-order chi connectivity index (χ1) is 12.9. The van der Waals surface area contributed by atoms with Crippen LogP contribution < -0.4 is 4.90 Å². The number of hydrogen-bond donors (Lipinski definition) is 0. The third kappa shape index (κ3) is 3.96. The normalized spacial score (nSPS) is 16.0. The number of aryl methyl sites for hydroxylation is 2. The number of para-hydroxylation sites is 1. The van der Waals surface area contributed by atoms with E-state index in [4.69, 9.17) is 6.42 Å². The second-order valence-electron chi connectivity index (χ2n) is 8.08. The monoisotopic (exact) mass is 357 g/mol. The highest BCUT2D eigenvalue weighted by molar-refractivity contribution is 5.66. The lowest BCUT2D eigenvalue weighted by atomic mass is 9.78. The Hall–Kier alpha value is -2.46. The summed E-state index contributed by atoms with van der Waals surface area (Å²) in [5.74, 6) is 4.10. The molecule has 27 heavy (non-hydrogen) atoms. The lowest BCUT2D eigenvalue weighted by molar-refractivity contribution is 0.354. The van der Waals surface area contributed by atoms with Gasteiger partial charge in [0, 0.05) is 18.7 Å². The maximum atomic E-state index is 5.69. The Morgan fingerprint density at radius 2 is 1.81 bits per heavy atom. The fourth-order valence-electron chi connectivity index (χ4n) is 4.59. The summed E-state index contributed by atoms with van der Waals surface area (Å²) in [6, 6.07) is 13.0. The van der Waals surface area contributed by atoms with Crippen molar-refractivity contribution in [1.29, 1.82) is 0 Å². The number of benzene rings is 2. The second-order valence-corrected chi connectivity index (χ2v) is 8.08. The number of hydrogen-bond acceptors (Lipinski definition) is 1. The molecule has 1 aliphatic rings. The zero-order valence-electron chi connectivity index (χ0n) is 17.2. The maximum Gasteiger partial charge on any atom is 0.0525 e. The minimum atomic E-state index is 0.564. The van der Waals surface area contributed by atoms with Gasteiger partial charge in [-0.15, -0.1) is 6.42 Å². The van der Waals surface area contributed by atoms with Gasteiger partial charge < -0.3 is 4.90 Å². The van der Waals surface area contributed by atoms with Crippen LogP contribution in [0.5, 0.6) is 0 Å². The number of terminal acetylenes is 1. The summed E-state index contributed by atoms with van der Waals surface area (Å²) in [6.45, 7) is 15.3. The molecule has 1 nitrogen and oxygen atoms in total. The Balaban J connectivity index is 1.76. The van der Waals surface area contributed by atoms with E-state index in [0.29, 0.717) is 11.8 Å². The van der Waals surface area contributed by atoms with Crippen molar-refractivity contribution in [1.82, 2.24) is 0 Å². The smallest absolute Gasteiger partial charge is 0.0525 e. The summed E-state index contributed by atoms with van der Waals surface area (Å²) in [4.78, 5) is 2.46.